The second kappa shape index (κ2) is 6.13. The van der Waals surface area contributed by atoms with Crippen molar-refractivity contribution in [2.75, 3.05) is 6.79 Å². The average Bonchev–Trinajstić information content (AvgIpc) is 2.81. The SMILES string of the molecule is CCC(=O)O[C@H](c1cc2c(cc1Br)OCO2)[C@H](C)Br. The van der Waals surface area contributed by atoms with Gasteiger partial charge < -0.3 is 14.2 Å². The largest absolute Gasteiger partial charge is 0.456 e. The summed E-state index contributed by atoms with van der Waals surface area (Å²) in [5.74, 6) is 1.13. The molecule has 2 rings (SSSR count). The monoisotopic (exact) mass is 392 g/mol. The van der Waals surface area contributed by atoms with Crippen molar-refractivity contribution in [3.8, 4) is 11.5 Å². The average molecular weight is 394 g/mol. The highest BCUT2D eigenvalue weighted by atomic mass is 79.9. The van der Waals surface area contributed by atoms with Crippen molar-refractivity contribution in [2.24, 2.45) is 0 Å². The Morgan fingerprint density at radius 1 is 1.42 bits per heavy atom. The van der Waals surface area contributed by atoms with Crippen LogP contribution in [0.1, 0.15) is 31.9 Å². The Kier molecular flexibility index (Phi) is 4.73. The Morgan fingerprint density at radius 2 is 2.05 bits per heavy atom. The van der Waals surface area contributed by atoms with E-state index in [1.54, 1.807) is 6.92 Å². The van der Waals surface area contributed by atoms with Crippen molar-refractivity contribution in [1.29, 1.82) is 0 Å². The van der Waals surface area contributed by atoms with E-state index in [2.05, 4.69) is 31.9 Å². The van der Waals surface area contributed by atoms with Crippen molar-refractivity contribution in [2.45, 2.75) is 31.2 Å². The lowest BCUT2D eigenvalue weighted by Gasteiger charge is -2.22. The second-order valence-electron chi connectivity index (χ2n) is 4.17. The van der Waals surface area contributed by atoms with Gasteiger partial charge in [-0.25, -0.2) is 0 Å². The minimum atomic E-state index is -0.378. The lowest BCUT2D eigenvalue weighted by molar-refractivity contribution is -0.148. The first-order valence-corrected chi connectivity index (χ1v) is 7.66. The predicted octanol–water partition coefficient (Wildman–Crippen LogP) is 3.96. The molecule has 1 aliphatic rings. The van der Waals surface area contributed by atoms with Crippen LogP contribution < -0.4 is 9.47 Å². The molecule has 1 aromatic rings. The molecule has 4 nitrogen and oxygen atoms in total. The summed E-state index contributed by atoms with van der Waals surface area (Å²) in [7, 11) is 0. The predicted molar refractivity (Wildman–Crippen MR) is 77.8 cm³/mol. The van der Waals surface area contributed by atoms with Crippen LogP contribution in [-0.2, 0) is 9.53 Å². The highest BCUT2D eigenvalue weighted by molar-refractivity contribution is 9.10. The Balaban J connectivity index is 2.34. The topological polar surface area (TPSA) is 44.8 Å². The lowest BCUT2D eigenvalue weighted by atomic mass is 10.1. The van der Waals surface area contributed by atoms with Crippen LogP contribution >= 0.6 is 31.9 Å². The first-order chi connectivity index (χ1) is 9.02. The molecule has 0 radical (unpaired) electrons. The number of ether oxygens (including phenoxy) is 3. The molecule has 0 saturated carbocycles. The second-order valence-corrected chi connectivity index (χ2v) is 6.47. The molecule has 0 aliphatic carbocycles. The summed E-state index contributed by atoms with van der Waals surface area (Å²) >= 11 is 6.96. The maximum absolute atomic E-state index is 11.5. The van der Waals surface area contributed by atoms with Gasteiger partial charge in [-0.1, -0.05) is 38.8 Å². The molecule has 2 atom stereocenters. The summed E-state index contributed by atoms with van der Waals surface area (Å²) < 4.78 is 17.0. The molecular weight excluding hydrogens is 380 g/mol. The molecule has 0 unspecified atom stereocenters. The van der Waals surface area contributed by atoms with E-state index < -0.39 is 0 Å². The van der Waals surface area contributed by atoms with Gasteiger partial charge in [0.15, 0.2) is 11.5 Å². The fraction of sp³-hybridized carbons (Fsp3) is 0.462. The van der Waals surface area contributed by atoms with E-state index in [0.717, 1.165) is 10.0 Å². The number of rotatable bonds is 4. The van der Waals surface area contributed by atoms with Gasteiger partial charge >= 0.3 is 5.97 Å². The molecule has 0 amide bonds. The molecule has 1 heterocycles. The Morgan fingerprint density at radius 3 is 2.63 bits per heavy atom. The van der Waals surface area contributed by atoms with Gasteiger partial charge in [0.25, 0.3) is 0 Å². The molecule has 0 bridgehead atoms. The van der Waals surface area contributed by atoms with Crippen molar-refractivity contribution >= 4 is 37.8 Å². The molecule has 0 fully saturated rings. The van der Waals surface area contributed by atoms with Gasteiger partial charge in [0.2, 0.25) is 6.79 Å². The van der Waals surface area contributed by atoms with Crippen LogP contribution in [0.2, 0.25) is 0 Å². The highest BCUT2D eigenvalue weighted by Crippen LogP contribution is 2.41. The van der Waals surface area contributed by atoms with Gasteiger partial charge in [-0.15, -0.1) is 0 Å². The summed E-state index contributed by atoms with van der Waals surface area (Å²) in [5, 5.41) is 0. The first-order valence-electron chi connectivity index (χ1n) is 5.95. The van der Waals surface area contributed by atoms with Crippen LogP contribution in [-0.4, -0.2) is 17.6 Å². The van der Waals surface area contributed by atoms with E-state index in [9.17, 15) is 4.79 Å². The van der Waals surface area contributed by atoms with Crippen LogP contribution in [0.15, 0.2) is 16.6 Å². The smallest absolute Gasteiger partial charge is 0.306 e. The van der Waals surface area contributed by atoms with Gasteiger partial charge in [-0.3, -0.25) is 4.79 Å². The number of carbonyl (C=O) groups is 1. The van der Waals surface area contributed by atoms with Gasteiger partial charge in [0.1, 0.15) is 6.10 Å². The molecule has 0 N–H and O–H groups in total. The van der Waals surface area contributed by atoms with E-state index in [0.29, 0.717) is 17.9 Å². The Hall–Kier alpha value is -0.750. The third-order valence-electron chi connectivity index (χ3n) is 2.76. The van der Waals surface area contributed by atoms with E-state index in [-0.39, 0.29) is 23.7 Å². The molecule has 0 aromatic heterocycles. The molecule has 0 spiro atoms. The molecule has 0 saturated heterocycles. The van der Waals surface area contributed by atoms with Gasteiger partial charge in [-0.05, 0) is 19.1 Å². The zero-order valence-corrected chi connectivity index (χ0v) is 13.8. The molecule has 104 valence electrons. The number of esters is 1. The normalized spacial score (nSPS) is 16.0. The van der Waals surface area contributed by atoms with Gasteiger partial charge in [0, 0.05) is 16.5 Å². The number of hydrogen-bond acceptors (Lipinski definition) is 4. The quantitative estimate of drug-likeness (QED) is 0.573. The molecular formula is C13H14Br2O4. The number of hydrogen-bond donors (Lipinski definition) is 0. The zero-order chi connectivity index (χ0) is 14.0. The third-order valence-corrected chi connectivity index (χ3v) is 3.93. The summed E-state index contributed by atoms with van der Waals surface area (Å²) in [4.78, 5) is 11.5. The van der Waals surface area contributed by atoms with Crippen LogP contribution in [0.4, 0.5) is 0 Å². The molecule has 1 aliphatic heterocycles. The number of halogens is 2. The number of carbonyl (C=O) groups excluding carboxylic acids is 1. The Labute approximate surface area is 128 Å². The molecule has 19 heavy (non-hydrogen) atoms. The Bertz CT molecular complexity index is 488. The van der Waals surface area contributed by atoms with Crippen molar-refractivity contribution < 1.29 is 19.0 Å². The van der Waals surface area contributed by atoms with Crippen LogP contribution in [0.3, 0.4) is 0 Å². The maximum atomic E-state index is 11.5. The standard InChI is InChI=1S/C13H14Br2O4/c1-3-12(16)19-13(7(2)14)8-4-10-11(5-9(8)15)18-6-17-10/h4-5,7,13H,3,6H2,1-2H3/t7-,13-/m0/s1. The van der Waals surface area contributed by atoms with E-state index in [1.807, 2.05) is 19.1 Å². The zero-order valence-electron chi connectivity index (χ0n) is 10.6. The summed E-state index contributed by atoms with van der Waals surface area (Å²) in [5.41, 5.74) is 0.857. The number of alkyl halides is 1. The minimum absolute atomic E-state index is 0.0142. The van der Waals surface area contributed by atoms with E-state index in [4.69, 9.17) is 14.2 Å². The van der Waals surface area contributed by atoms with Crippen molar-refractivity contribution in [3.63, 3.8) is 0 Å². The number of benzene rings is 1. The van der Waals surface area contributed by atoms with Crippen LogP contribution in [0, 0.1) is 0 Å². The van der Waals surface area contributed by atoms with Gasteiger partial charge in [-0.2, -0.15) is 0 Å². The fourth-order valence-corrected chi connectivity index (χ4v) is 2.72. The minimum Gasteiger partial charge on any atom is -0.456 e. The lowest BCUT2D eigenvalue weighted by Crippen LogP contribution is -2.17. The van der Waals surface area contributed by atoms with Crippen LogP contribution in [0.25, 0.3) is 0 Å². The fourth-order valence-electron chi connectivity index (χ4n) is 1.78. The van der Waals surface area contributed by atoms with E-state index in [1.165, 1.54) is 0 Å². The maximum Gasteiger partial charge on any atom is 0.306 e. The van der Waals surface area contributed by atoms with Crippen molar-refractivity contribution in [3.05, 3.63) is 22.2 Å². The highest BCUT2D eigenvalue weighted by Gasteiger charge is 2.26. The molecule has 6 heteroatoms. The third kappa shape index (κ3) is 3.23. The first kappa shape index (κ1) is 14.7. The summed E-state index contributed by atoms with van der Waals surface area (Å²) in [6.07, 6.45) is -0.0328. The van der Waals surface area contributed by atoms with Gasteiger partial charge in [0.05, 0.1) is 4.83 Å². The number of fused-ring (bicyclic) bond motifs is 1. The summed E-state index contributed by atoms with van der Waals surface area (Å²) in [6.45, 7) is 3.92. The van der Waals surface area contributed by atoms with E-state index >= 15 is 0 Å². The molecule has 1 aromatic carbocycles. The van der Waals surface area contributed by atoms with Crippen LogP contribution in [0.5, 0.6) is 11.5 Å². The van der Waals surface area contributed by atoms with Crippen molar-refractivity contribution in [1.82, 2.24) is 0 Å². The summed E-state index contributed by atoms with van der Waals surface area (Å²) in [6, 6.07) is 3.68.